The molecule has 0 bridgehead atoms. The van der Waals surface area contributed by atoms with Crippen LogP contribution >= 0.6 is 0 Å². The normalized spacial score (nSPS) is 42.6. The molecule has 3 fully saturated rings. The van der Waals surface area contributed by atoms with Gasteiger partial charge in [0.05, 0.1) is 5.92 Å². The number of esters is 1. The van der Waals surface area contributed by atoms with Crippen LogP contribution in [0.25, 0.3) is 5.57 Å². The van der Waals surface area contributed by atoms with E-state index in [4.69, 9.17) is 9.15 Å². The minimum atomic E-state index is -0.343. The van der Waals surface area contributed by atoms with Crippen LogP contribution in [-0.4, -0.2) is 11.6 Å². The van der Waals surface area contributed by atoms with Crippen LogP contribution in [0.2, 0.25) is 0 Å². The molecule has 122 valence electrons. The van der Waals surface area contributed by atoms with Gasteiger partial charge in [-0.25, -0.2) is 0 Å². The lowest BCUT2D eigenvalue weighted by molar-refractivity contribution is -0.149. The first-order valence-electron chi connectivity index (χ1n) is 8.80. The number of carbonyl (C=O) groups is 1. The minimum absolute atomic E-state index is 0.0542. The summed E-state index contributed by atoms with van der Waals surface area (Å²) in [4.78, 5) is 12.7. The lowest BCUT2D eigenvalue weighted by Crippen LogP contribution is -2.36. The van der Waals surface area contributed by atoms with E-state index in [0.717, 1.165) is 29.9 Å². The van der Waals surface area contributed by atoms with Gasteiger partial charge in [-0.3, -0.25) is 4.79 Å². The first kappa shape index (κ1) is 13.9. The van der Waals surface area contributed by atoms with E-state index in [1.54, 1.807) is 0 Å². The van der Waals surface area contributed by atoms with Crippen LogP contribution in [0, 0.1) is 30.1 Å². The lowest BCUT2D eigenvalue weighted by atomic mass is 9.66. The molecule has 1 unspecified atom stereocenters. The highest BCUT2D eigenvalue weighted by Crippen LogP contribution is 2.72. The van der Waals surface area contributed by atoms with Crippen molar-refractivity contribution in [2.24, 2.45) is 23.2 Å². The summed E-state index contributed by atoms with van der Waals surface area (Å²) in [6, 6.07) is 2.05. The molecule has 4 aliphatic rings. The van der Waals surface area contributed by atoms with E-state index in [9.17, 15) is 4.79 Å². The van der Waals surface area contributed by atoms with Gasteiger partial charge in [0, 0.05) is 11.5 Å². The summed E-state index contributed by atoms with van der Waals surface area (Å²) in [6.07, 6.45) is 2.13. The van der Waals surface area contributed by atoms with Gasteiger partial charge in [0.15, 0.2) is 0 Å². The summed E-state index contributed by atoms with van der Waals surface area (Å²) in [5.74, 6) is 3.08. The molecule has 0 N–H and O–H groups in total. The second-order valence-corrected chi connectivity index (χ2v) is 8.86. The zero-order valence-corrected chi connectivity index (χ0v) is 14.5. The predicted molar refractivity (Wildman–Crippen MR) is 86.8 cm³/mol. The van der Waals surface area contributed by atoms with Gasteiger partial charge in [-0.15, -0.1) is 0 Å². The monoisotopic (exact) mass is 312 g/mol. The number of aryl methyl sites for hydroxylation is 1. The van der Waals surface area contributed by atoms with Crippen LogP contribution in [0.1, 0.15) is 63.5 Å². The van der Waals surface area contributed by atoms with E-state index in [2.05, 4.69) is 27.7 Å². The van der Waals surface area contributed by atoms with Crippen molar-refractivity contribution in [1.82, 2.24) is 0 Å². The van der Waals surface area contributed by atoms with Crippen LogP contribution in [-0.2, 0) is 9.53 Å². The summed E-state index contributed by atoms with van der Waals surface area (Å²) in [6.45, 7) is 11.1. The number of furan rings is 1. The first-order chi connectivity index (χ1) is 10.8. The van der Waals surface area contributed by atoms with E-state index in [-0.39, 0.29) is 23.4 Å². The Bertz CT molecular complexity index is 781. The van der Waals surface area contributed by atoms with E-state index in [0.29, 0.717) is 17.3 Å². The summed E-state index contributed by atoms with van der Waals surface area (Å²) in [5.41, 5.74) is 3.77. The number of ether oxygens (including phenoxy) is 1. The Morgan fingerprint density at radius 2 is 1.91 bits per heavy atom. The van der Waals surface area contributed by atoms with Gasteiger partial charge in [-0.05, 0) is 62.5 Å². The zero-order chi connectivity index (χ0) is 16.3. The summed E-state index contributed by atoms with van der Waals surface area (Å²) in [7, 11) is 0. The fourth-order valence-electron chi connectivity index (χ4n) is 6.06. The highest BCUT2D eigenvalue weighted by atomic mass is 16.6. The standard InChI is InChI=1S/C20H24O3/c1-9-8-11-14-16-13(10(2)17(11)22-9)15-12(19(15,3)4)6-7-20(16,5)23-18(14)21/h8,12,14-16H,6-7H2,1-5H3/t12-,14?,15-,16+,20-/m0/s1. The predicted octanol–water partition coefficient (Wildman–Crippen LogP) is 4.46. The molecule has 1 aliphatic heterocycles. The number of hydrogen-bond donors (Lipinski definition) is 0. The van der Waals surface area contributed by atoms with Crippen LogP contribution in [0.4, 0.5) is 0 Å². The van der Waals surface area contributed by atoms with Gasteiger partial charge in [-0.1, -0.05) is 19.4 Å². The molecule has 2 heterocycles. The van der Waals surface area contributed by atoms with Crippen molar-refractivity contribution >= 4 is 11.5 Å². The number of hydrogen-bond acceptors (Lipinski definition) is 3. The van der Waals surface area contributed by atoms with E-state index < -0.39 is 0 Å². The Morgan fingerprint density at radius 3 is 2.65 bits per heavy atom. The zero-order valence-electron chi connectivity index (χ0n) is 14.5. The largest absolute Gasteiger partial charge is 0.461 e. The lowest BCUT2D eigenvalue weighted by Gasteiger charge is -2.36. The molecular weight excluding hydrogens is 288 g/mol. The van der Waals surface area contributed by atoms with Crippen LogP contribution < -0.4 is 0 Å². The maximum Gasteiger partial charge on any atom is 0.314 e. The average Bonchev–Trinajstić information content (AvgIpc) is 2.72. The fourth-order valence-corrected chi connectivity index (χ4v) is 6.06. The third-order valence-corrected chi connectivity index (χ3v) is 7.24. The molecule has 1 aromatic rings. The third-order valence-electron chi connectivity index (χ3n) is 7.24. The quantitative estimate of drug-likeness (QED) is 0.664. The first-order valence-corrected chi connectivity index (χ1v) is 8.80. The van der Waals surface area contributed by atoms with E-state index >= 15 is 0 Å². The number of fused-ring (bicyclic) bond motifs is 4. The highest BCUT2D eigenvalue weighted by Gasteiger charge is 2.69. The summed E-state index contributed by atoms with van der Waals surface area (Å²) < 4.78 is 12.0. The average molecular weight is 312 g/mol. The Morgan fingerprint density at radius 1 is 1.17 bits per heavy atom. The van der Waals surface area contributed by atoms with Crippen molar-refractivity contribution in [3.8, 4) is 0 Å². The van der Waals surface area contributed by atoms with E-state index in [1.165, 1.54) is 11.1 Å². The molecule has 0 amide bonds. The van der Waals surface area contributed by atoms with Crippen molar-refractivity contribution in [3.63, 3.8) is 0 Å². The Labute approximate surface area is 137 Å². The number of allylic oxidation sites excluding steroid dienone is 1. The van der Waals surface area contributed by atoms with Crippen LogP contribution in [0.15, 0.2) is 16.1 Å². The number of rotatable bonds is 0. The van der Waals surface area contributed by atoms with Crippen molar-refractivity contribution in [1.29, 1.82) is 0 Å². The SMILES string of the molecule is CC1=C2[C@@H]3[C@H](CC[C@]4(C)OC(=O)C(c5cc(C)oc51)[C@@H]24)C3(C)C. The summed E-state index contributed by atoms with van der Waals surface area (Å²) in [5, 5.41) is 0. The molecule has 1 saturated heterocycles. The second kappa shape index (κ2) is 3.76. The maximum absolute atomic E-state index is 12.7. The van der Waals surface area contributed by atoms with Crippen molar-refractivity contribution < 1.29 is 13.9 Å². The molecule has 3 aliphatic carbocycles. The van der Waals surface area contributed by atoms with Crippen molar-refractivity contribution in [2.75, 3.05) is 0 Å². The molecule has 0 radical (unpaired) electrons. The fraction of sp³-hybridized carbons (Fsp3) is 0.650. The van der Waals surface area contributed by atoms with Gasteiger partial charge >= 0.3 is 5.97 Å². The molecule has 5 rings (SSSR count). The Balaban J connectivity index is 1.81. The second-order valence-electron chi connectivity index (χ2n) is 8.86. The van der Waals surface area contributed by atoms with Crippen molar-refractivity contribution in [2.45, 2.75) is 59.0 Å². The van der Waals surface area contributed by atoms with Crippen LogP contribution in [0.5, 0.6) is 0 Å². The maximum atomic E-state index is 12.7. The molecule has 3 heteroatoms. The smallest absolute Gasteiger partial charge is 0.314 e. The topological polar surface area (TPSA) is 39.4 Å². The molecule has 5 atom stereocenters. The highest BCUT2D eigenvalue weighted by molar-refractivity contribution is 5.88. The molecule has 23 heavy (non-hydrogen) atoms. The summed E-state index contributed by atoms with van der Waals surface area (Å²) >= 11 is 0. The van der Waals surface area contributed by atoms with Crippen molar-refractivity contribution in [3.05, 3.63) is 28.7 Å². The van der Waals surface area contributed by atoms with Gasteiger partial charge in [0.2, 0.25) is 0 Å². The third kappa shape index (κ3) is 1.45. The van der Waals surface area contributed by atoms with Gasteiger partial charge < -0.3 is 9.15 Å². The van der Waals surface area contributed by atoms with Crippen LogP contribution in [0.3, 0.4) is 0 Å². The van der Waals surface area contributed by atoms with E-state index in [1.807, 2.05) is 13.0 Å². The molecule has 0 spiro atoms. The molecular formula is C20H24O3. The molecule has 0 aromatic carbocycles. The molecule has 3 nitrogen and oxygen atoms in total. The minimum Gasteiger partial charge on any atom is -0.461 e. The Kier molecular flexibility index (Phi) is 2.27. The van der Waals surface area contributed by atoms with Gasteiger partial charge in [0.1, 0.15) is 17.1 Å². The van der Waals surface area contributed by atoms with Gasteiger partial charge in [-0.2, -0.15) is 0 Å². The Hall–Kier alpha value is -1.51. The van der Waals surface area contributed by atoms with Gasteiger partial charge in [0.25, 0.3) is 0 Å². The number of carbonyl (C=O) groups excluding carboxylic acids is 1. The molecule has 2 saturated carbocycles. The molecule has 1 aromatic heterocycles.